The second-order valence-electron chi connectivity index (χ2n) is 12.8. The largest absolute Gasteiger partial charge is 0.407 e. The molecule has 7 heteroatoms. The summed E-state index contributed by atoms with van der Waals surface area (Å²) < 4.78 is 35.0. The summed E-state index contributed by atoms with van der Waals surface area (Å²) in [7, 11) is -8.12. The highest BCUT2D eigenvalue weighted by Gasteiger charge is 2.50. The van der Waals surface area contributed by atoms with Gasteiger partial charge in [0.05, 0.1) is 10.8 Å². The van der Waals surface area contributed by atoms with Crippen LogP contribution in [0, 0.1) is 11.5 Å². The predicted molar refractivity (Wildman–Crippen MR) is 169 cm³/mol. The molecule has 208 valence electrons. The molecule has 0 aliphatic rings. The molecule has 0 saturated heterocycles. The number of hydrogen-bond donors (Lipinski definition) is 0. The summed E-state index contributed by atoms with van der Waals surface area (Å²) in [6.07, 6.45) is 2.13. The first kappa shape index (κ1) is 32.3. The van der Waals surface area contributed by atoms with Gasteiger partial charge >= 0.3 is 0 Å². The zero-order valence-electron chi connectivity index (χ0n) is 24.8. The van der Waals surface area contributed by atoms with E-state index in [1.54, 1.807) is 26.8 Å². The minimum Gasteiger partial charge on any atom is -0.407 e. The fourth-order valence-corrected chi connectivity index (χ4v) is 11.2. The number of hydrogen-bond acceptors (Lipinski definition) is 3. The molecular weight excluding hydrogens is 523 g/mol. The average molecular weight is 570 g/mol. The lowest BCUT2D eigenvalue weighted by molar-refractivity contribution is 0.258. The molecule has 0 spiro atoms. The van der Waals surface area contributed by atoms with Gasteiger partial charge in [0.25, 0.3) is 8.32 Å². The van der Waals surface area contributed by atoms with Gasteiger partial charge in [0, 0.05) is 13.2 Å². The highest BCUT2D eigenvalue weighted by molar-refractivity contribution is 7.90. The summed E-state index contributed by atoms with van der Waals surface area (Å²) in [5.74, 6) is 3.37. The van der Waals surface area contributed by atoms with Crippen molar-refractivity contribution in [3.8, 4) is 11.5 Å². The molecule has 0 heterocycles. The first-order valence-corrected chi connectivity index (χ1v) is 20.2. The van der Waals surface area contributed by atoms with E-state index in [2.05, 4.69) is 107 Å². The van der Waals surface area contributed by atoms with Gasteiger partial charge in [0.15, 0.2) is 0 Å². The van der Waals surface area contributed by atoms with E-state index in [1.165, 1.54) is 14.7 Å². The first-order valence-electron chi connectivity index (χ1n) is 13.4. The minimum atomic E-state index is -3.64. The molecule has 2 aromatic rings. The van der Waals surface area contributed by atoms with Crippen LogP contribution in [0.2, 0.25) is 24.7 Å². The normalized spacial score (nSPS) is 14.1. The van der Waals surface area contributed by atoms with E-state index in [9.17, 15) is 8.42 Å². The predicted octanol–water partition coefficient (Wildman–Crippen LogP) is 5.82. The summed E-state index contributed by atoms with van der Waals surface area (Å²) >= 11 is 0. The second kappa shape index (κ2) is 12.5. The van der Waals surface area contributed by atoms with Gasteiger partial charge in [-0.1, -0.05) is 113 Å². The minimum absolute atomic E-state index is 0.159. The van der Waals surface area contributed by atoms with Gasteiger partial charge in [0.2, 0.25) is 10.0 Å². The maximum absolute atomic E-state index is 13.7. The fourth-order valence-electron chi connectivity index (χ4n) is 4.55. The molecule has 0 N–H and O–H groups in total. The lowest BCUT2D eigenvalue weighted by atomic mass is 10.2. The quantitative estimate of drug-likeness (QED) is 0.206. The van der Waals surface area contributed by atoms with Gasteiger partial charge < -0.3 is 4.43 Å². The van der Waals surface area contributed by atoms with Crippen molar-refractivity contribution in [1.29, 1.82) is 0 Å². The van der Waals surface area contributed by atoms with E-state index < -0.39 is 37.2 Å². The maximum Gasteiger partial charge on any atom is 0.261 e. The Kier molecular flexibility index (Phi) is 10.6. The van der Waals surface area contributed by atoms with Gasteiger partial charge in [-0.25, -0.2) is 8.42 Å². The van der Waals surface area contributed by atoms with Gasteiger partial charge in [-0.05, 0) is 42.6 Å². The lowest BCUT2D eigenvalue weighted by Crippen LogP contribution is -2.66. The van der Waals surface area contributed by atoms with E-state index in [0.717, 1.165) is 0 Å². The summed E-state index contributed by atoms with van der Waals surface area (Å²) in [5.41, 5.74) is 3.43. The Labute approximate surface area is 234 Å². The van der Waals surface area contributed by atoms with Gasteiger partial charge in [-0.15, -0.1) is 12.1 Å². The maximum atomic E-state index is 13.7. The van der Waals surface area contributed by atoms with Crippen LogP contribution in [0.1, 0.15) is 48.0 Å². The Bertz CT molecular complexity index is 1170. The summed E-state index contributed by atoms with van der Waals surface area (Å²) in [5, 5.41) is 2.25. The average Bonchev–Trinajstić information content (AvgIpc) is 2.81. The molecule has 0 aromatic heterocycles. The molecule has 0 saturated carbocycles. The van der Waals surface area contributed by atoms with Gasteiger partial charge in [-0.3, -0.25) is 0 Å². The van der Waals surface area contributed by atoms with E-state index in [1.807, 2.05) is 12.1 Å². The Morgan fingerprint density at radius 1 is 0.921 bits per heavy atom. The zero-order valence-corrected chi connectivity index (χ0v) is 27.7. The lowest BCUT2D eigenvalue weighted by Gasteiger charge is -2.43. The fraction of sp³-hybridized carbons (Fsp3) is 0.484. The second-order valence-corrected chi connectivity index (χ2v) is 24.5. The Balaban J connectivity index is 2.59. The highest BCUT2D eigenvalue weighted by Crippen LogP contribution is 2.37. The van der Waals surface area contributed by atoms with Crippen LogP contribution >= 0.6 is 0 Å². The van der Waals surface area contributed by atoms with E-state index in [-0.39, 0.29) is 11.6 Å². The molecule has 0 fully saturated rings. The molecular formula is C31H47NO3SSi2. The Hall–Kier alpha value is -1.96. The van der Waals surface area contributed by atoms with Crippen molar-refractivity contribution in [3.05, 3.63) is 73.3 Å². The molecule has 38 heavy (non-hydrogen) atoms. The van der Waals surface area contributed by atoms with Crippen LogP contribution < -0.4 is 10.4 Å². The number of sulfonamides is 1. The number of nitrogens with zero attached hydrogens (tertiary/aromatic N) is 1. The molecule has 2 rings (SSSR count). The first-order chi connectivity index (χ1) is 17.5. The molecule has 0 bridgehead atoms. The van der Waals surface area contributed by atoms with Crippen molar-refractivity contribution >= 4 is 36.8 Å². The van der Waals surface area contributed by atoms with Crippen molar-refractivity contribution < 1.29 is 12.8 Å². The molecule has 0 aliphatic heterocycles. The molecule has 4 nitrogen and oxygen atoms in total. The van der Waals surface area contributed by atoms with Crippen molar-refractivity contribution in [2.45, 2.75) is 83.4 Å². The van der Waals surface area contributed by atoms with Crippen molar-refractivity contribution in [2.24, 2.45) is 0 Å². The van der Waals surface area contributed by atoms with Crippen molar-refractivity contribution in [2.75, 3.05) is 13.2 Å². The molecule has 2 aromatic carbocycles. The Morgan fingerprint density at radius 3 is 1.76 bits per heavy atom. The third-order valence-corrected chi connectivity index (χ3v) is 15.0. The van der Waals surface area contributed by atoms with Gasteiger partial charge in [0.1, 0.15) is 8.07 Å². The third-order valence-electron chi connectivity index (χ3n) is 6.48. The van der Waals surface area contributed by atoms with Crippen LogP contribution in [0.5, 0.6) is 0 Å². The summed E-state index contributed by atoms with van der Waals surface area (Å²) in [6, 6.07) is 20.5. The van der Waals surface area contributed by atoms with Crippen LogP contribution in [-0.2, 0) is 14.4 Å². The summed E-state index contributed by atoms with van der Waals surface area (Å²) in [6.45, 7) is 22.9. The van der Waals surface area contributed by atoms with Crippen LogP contribution in [0.3, 0.4) is 0 Å². The monoisotopic (exact) mass is 569 g/mol. The molecule has 1 unspecified atom stereocenters. The van der Waals surface area contributed by atoms with E-state index >= 15 is 0 Å². The SMILES string of the molecule is C=CCN(C(C#C[Si](C)(C)C)CCO[Si](c1ccccc1)(c1ccccc1)C(C)(C)C)S(=O)(=O)C(C)(C)C. The van der Waals surface area contributed by atoms with Crippen LogP contribution in [0.4, 0.5) is 0 Å². The standard InChI is InChI=1S/C31H47NO3SSi2/c1-11-24-32(36(33,34)30(2,3)4)27(23-26-37(8,9)10)22-25-35-38(31(5,6)7,28-18-14-12-15-19-28)29-20-16-13-17-21-29/h11-21,27H,1,22,24-25H2,2-10H3. The molecule has 0 amide bonds. The summed E-state index contributed by atoms with van der Waals surface area (Å²) in [4.78, 5) is 0. The molecule has 1 atom stereocenters. The molecule has 0 aliphatic carbocycles. The Morgan fingerprint density at radius 2 is 1.39 bits per heavy atom. The zero-order chi connectivity index (χ0) is 28.8. The van der Waals surface area contributed by atoms with Crippen LogP contribution in [0.15, 0.2) is 73.3 Å². The highest BCUT2D eigenvalue weighted by atomic mass is 32.2. The van der Waals surface area contributed by atoms with Crippen molar-refractivity contribution in [3.63, 3.8) is 0 Å². The smallest absolute Gasteiger partial charge is 0.261 e. The molecule has 0 radical (unpaired) electrons. The van der Waals surface area contributed by atoms with E-state index in [0.29, 0.717) is 13.0 Å². The van der Waals surface area contributed by atoms with Crippen molar-refractivity contribution in [1.82, 2.24) is 4.31 Å². The van der Waals surface area contributed by atoms with Gasteiger partial charge in [-0.2, -0.15) is 4.31 Å². The van der Waals surface area contributed by atoms with E-state index in [4.69, 9.17) is 4.43 Å². The number of rotatable bonds is 10. The number of benzene rings is 2. The van der Waals surface area contributed by atoms with Crippen LogP contribution in [-0.4, -0.2) is 53.1 Å². The topological polar surface area (TPSA) is 46.6 Å². The van der Waals surface area contributed by atoms with Crippen LogP contribution in [0.25, 0.3) is 0 Å². The third kappa shape index (κ3) is 7.58.